The standard InChI is InChI=1S/C13H19NO3S/c1-3-12-4-6-13(7-5-12)18(15,16)14-8-9-17-11(2)10-14/h4-7,11H,3,8-10H2,1-2H3/t11-/m1/s1. The van der Waals surface area contributed by atoms with Gasteiger partial charge in [-0.2, -0.15) is 4.31 Å². The van der Waals surface area contributed by atoms with Gasteiger partial charge < -0.3 is 4.74 Å². The molecular formula is C13H19NO3S. The summed E-state index contributed by atoms with van der Waals surface area (Å²) in [4.78, 5) is 0.369. The third kappa shape index (κ3) is 2.74. The van der Waals surface area contributed by atoms with E-state index in [0.717, 1.165) is 12.0 Å². The van der Waals surface area contributed by atoms with Gasteiger partial charge in [0, 0.05) is 13.1 Å². The molecule has 1 aromatic carbocycles. The van der Waals surface area contributed by atoms with Crippen molar-refractivity contribution < 1.29 is 13.2 Å². The van der Waals surface area contributed by atoms with Crippen LogP contribution in [-0.4, -0.2) is 38.5 Å². The first-order chi connectivity index (χ1) is 8.54. The number of ether oxygens (including phenoxy) is 1. The van der Waals surface area contributed by atoms with Crippen LogP contribution in [0.3, 0.4) is 0 Å². The third-order valence-corrected chi connectivity index (χ3v) is 5.05. The van der Waals surface area contributed by atoms with Crippen LogP contribution in [0.5, 0.6) is 0 Å². The molecule has 0 spiro atoms. The number of morpholine rings is 1. The normalized spacial score (nSPS) is 22.0. The molecule has 1 aliphatic rings. The lowest BCUT2D eigenvalue weighted by Gasteiger charge is -2.30. The van der Waals surface area contributed by atoms with Crippen molar-refractivity contribution in [3.63, 3.8) is 0 Å². The molecule has 0 unspecified atom stereocenters. The lowest BCUT2D eigenvalue weighted by atomic mass is 10.2. The topological polar surface area (TPSA) is 46.6 Å². The highest BCUT2D eigenvalue weighted by Crippen LogP contribution is 2.19. The van der Waals surface area contributed by atoms with Crippen molar-refractivity contribution in [2.45, 2.75) is 31.3 Å². The van der Waals surface area contributed by atoms with Crippen LogP contribution in [0.15, 0.2) is 29.2 Å². The second-order valence-corrected chi connectivity index (χ2v) is 6.48. The van der Waals surface area contributed by atoms with Gasteiger partial charge in [-0.25, -0.2) is 8.42 Å². The zero-order valence-corrected chi connectivity index (χ0v) is 11.6. The molecule has 5 heteroatoms. The maximum absolute atomic E-state index is 12.4. The van der Waals surface area contributed by atoms with Crippen molar-refractivity contribution >= 4 is 10.0 Å². The average molecular weight is 269 g/mol. The smallest absolute Gasteiger partial charge is 0.243 e. The van der Waals surface area contributed by atoms with E-state index in [2.05, 4.69) is 0 Å². The summed E-state index contributed by atoms with van der Waals surface area (Å²) >= 11 is 0. The number of rotatable bonds is 3. The number of hydrogen-bond donors (Lipinski definition) is 0. The van der Waals surface area contributed by atoms with Gasteiger partial charge in [0.1, 0.15) is 0 Å². The average Bonchev–Trinajstić information content (AvgIpc) is 2.39. The summed E-state index contributed by atoms with van der Waals surface area (Å²) in [7, 11) is -3.37. The number of hydrogen-bond acceptors (Lipinski definition) is 3. The van der Waals surface area contributed by atoms with Gasteiger partial charge in [-0.15, -0.1) is 0 Å². The van der Waals surface area contributed by atoms with Gasteiger partial charge in [0.15, 0.2) is 0 Å². The molecular weight excluding hydrogens is 250 g/mol. The van der Waals surface area contributed by atoms with Crippen LogP contribution < -0.4 is 0 Å². The van der Waals surface area contributed by atoms with Crippen molar-refractivity contribution in [3.05, 3.63) is 29.8 Å². The molecule has 1 saturated heterocycles. The summed E-state index contributed by atoms with van der Waals surface area (Å²) in [6.45, 7) is 5.27. The zero-order chi connectivity index (χ0) is 13.2. The molecule has 2 rings (SSSR count). The van der Waals surface area contributed by atoms with Gasteiger partial charge in [0.2, 0.25) is 10.0 Å². The Balaban J connectivity index is 2.23. The molecule has 4 nitrogen and oxygen atoms in total. The first-order valence-corrected chi connectivity index (χ1v) is 7.68. The Labute approximate surface area is 109 Å². The summed E-state index contributed by atoms with van der Waals surface area (Å²) in [6.07, 6.45) is 0.873. The van der Waals surface area contributed by atoms with Crippen LogP contribution in [0, 0.1) is 0 Å². The van der Waals surface area contributed by atoms with Gasteiger partial charge in [0.05, 0.1) is 17.6 Å². The Morgan fingerprint density at radius 3 is 2.56 bits per heavy atom. The lowest BCUT2D eigenvalue weighted by Crippen LogP contribution is -2.44. The summed E-state index contributed by atoms with van der Waals surface area (Å²) in [5.41, 5.74) is 1.14. The van der Waals surface area contributed by atoms with Crippen molar-refractivity contribution in [2.24, 2.45) is 0 Å². The number of aryl methyl sites for hydroxylation is 1. The van der Waals surface area contributed by atoms with Crippen LogP contribution in [0.25, 0.3) is 0 Å². The fourth-order valence-corrected chi connectivity index (χ4v) is 3.55. The summed E-state index contributed by atoms with van der Waals surface area (Å²) in [5.74, 6) is 0. The molecule has 0 amide bonds. The molecule has 18 heavy (non-hydrogen) atoms. The zero-order valence-electron chi connectivity index (χ0n) is 10.8. The second-order valence-electron chi connectivity index (χ2n) is 4.54. The molecule has 100 valence electrons. The molecule has 0 bridgehead atoms. The quantitative estimate of drug-likeness (QED) is 0.838. The fourth-order valence-electron chi connectivity index (χ4n) is 2.05. The van der Waals surface area contributed by atoms with Gasteiger partial charge >= 0.3 is 0 Å². The molecule has 0 radical (unpaired) electrons. The van der Waals surface area contributed by atoms with E-state index >= 15 is 0 Å². The molecule has 1 aromatic rings. The van der Waals surface area contributed by atoms with E-state index < -0.39 is 10.0 Å². The van der Waals surface area contributed by atoms with Crippen molar-refractivity contribution in [3.8, 4) is 0 Å². The molecule has 0 N–H and O–H groups in total. The maximum atomic E-state index is 12.4. The molecule has 1 fully saturated rings. The van der Waals surface area contributed by atoms with Crippen molar-refractivity contribution in [1.29, 1.82) is 0 Å². The third-order valence-electron chi connectivity index (χ3n) is 3.17. The van der Waals surface area contributed by atoms with Gasteiger partial charge in [-0.3, -0.25) is 0 Å². The Hall–Kier alpha value is -0.910. The molecule has 0 aromatic heterocycles. The Morgan fingerprint density at radius 1 is 1.33 bits per heavy atom. The highest BCUT2D eigenvalue weighted by atomic mass is 32.2. The second kappa shape index (κ2) is 5.38. The summed E-state index contributed by atoms with van der Waals surface area (Å²) in [5, 5.41) is 0. The van der Waals surface area contributed by atoms with E-state index in [-0.39, 0.29) is 6.10 Å². The predicted molar refractivity (Wildman–Crippen MR) is 70.0 cm³/mol. The van der Waals surface area contributed by atoms with E-state index in [0.29, 0.717) is 24.6 Å². The Bertz CT molecular complexity index is 495. The number of benzene rings is 1. The molecule has 1 aliphatic heterocycles. The Morgan fingerprint density at radius 2 is 2.00 bits per heavy atom. The fraction of sp³-hybridized carbons (Fsp3) is 0.538. The lowest BCUT2D eigenvalue weighted by molar-refractivity contribution is 0.0102. The summed E-state index contributed by atoms with van der Waals surface area (Å²) < 4.78 is 31.7. The minimum atomic E-state index is -3.37. The van der Waals surface area contributed by atoms with Crippen LogP contribution in [0.2, 0.25) is 0 Å². The minimum Gasteiger partial charge on any atom is -0.376 e. The van der Waals surface area contributed by atoms with E-state index in [1.165, 1.54) is 4.31 Å². The molecule has 0 aliphatic carbocycles. The number of sulfonamides is 1. The van der Waals surface area contributed by atoms with Crippen LogP contribution in [0.4, 0.5) is 0 Å². The van der Waals surface area contributed by atoms with Crippen LogP contribution >= 0.6 is 0 Å². The molecule has 0 saturated carbocycles. The summed E-state index contributed by atoms with van der Waals surface area (Å²) in [6, 6.07) is 7.12. The minimum absolute atomic E-state index is 0.0385. The van der Waals surface area contributed by atoms with Gasteiger partial charge in [0.25, 0.3) is 0 Å². The van der Waals surface area contributed by atoms with E-state index in [1.807, 2.05) is 26.0 Å². The van der Waals surface area contributed by atoms with Crippen molar-refractivity contribution in [1.82, 2.24) is 4.31 Å². The highest BCUT2D eigenvalue weighted by molar-refractivity contribution is 7.89. The highest BCUT2D eigenvalue weighted by Gasteiger charge is 2.28. The van der Waals surface area contributed by atoms with E-state index in [1.54, 1.807) is 12.1 Å². The molecule has 1 heterocycles. The van der Waals surface area contributed by atoms with Crippen LogP contribution in [-0.2, 0) is 21.2 Å². The predicted octanol–water partition coefficient (Wildman–Crippen LogP) is 1.66. The van der Waals surface area contributed by atoms with Crippen molar-refractivity contribution in [2.75, 3.05) is 19.7 Å². The Kier molecular flexibility index (Phi) is 4.04. The monoisotopic (exact) mass is 269 g/mol. The SMILES string of the molecule is CCc1ccc(S(=O)(=O)N2CCO[C@H](C)C2)cc1. The van der Waals surface area contributed by atoms with Gasteiger partial charge in [-0.1, -0.05) is 19.1 Å². The maximum Gasteiger partial charge on any atom is 0.243 e. The first-order valence-electron chi connectivity index (χ1n) is 6.24. The van der Waals surface area contributed by atoms with E-state index in [4.69, 9.17) is 4.74 Å². The number of nitrogens with zero attached hydrogens (tertiary/aromatic N) is 1. The molecule has 1 atom stereocenters. The van der Waals surface area contributed by atoms with Gasteiger partial charge in [-0.05, 0) is 31.0 Å². The van der Waals surface area contributed by atoms with Crippen LogP contribution in [0.1, 0.15) is 19.4 Å². The first kappa shape index (κ1) is 13.5. The van der Waals surface area contributed by atoms with E-state index in [9.17, 15) is 8.42 Å². The largest absolute Gasteiger partial charge is 0.376 e.